The molecule has 0 spiro atoms. The molecule has 2 rings (SSSR count). The highest BCUT2D eigenvalue weighted by atomic mass is 16.5. The van der Waals surface area contributed by atoms with Gasteiger partial charge in [0.15, 0.2) is 11.5 Å². The molecule has 0 saturated carbocycles. The summed E-state index contributed by atoms with van der Waals surface area (Å²) in [5.74, 6) is 0.957. The number of nitrogens with two attached hydrogens (primary N) is 2. The van der Waals surface area contributed by atoms with Gasteiger partial charge in [-0.2, -0.15) is 0 Å². The number of methoxy groups -OCH3 is 2. The fraction of sp³-hybridized carbons (Fsp3) is 0.500. The molecule has 1 unspecified atom stereocenters. The Balaban J connectivity index is 2.43. The van der Waals surface area contributed by atoms with Crippen molar-refractivity contribution in [2.75, 3.05) is 26.5 Å². The van der Waals surface area contributed by atoms with E-state index in [0.717, 1.165) is 24.1 Å². The van der Waals surface area contributed by atoms with Crippen molar-refractivity contribution in [1.29, 1.82) is 0 Å². The minimum atomic E-state index is -0.330. The van der Waals surface area contributed by atoms with Gasteiger partial charge < -0.3 is 20.9 Å². The summed E-state index contributed by atoms with van der Waals surface area (Å²) in [7, 11) is 3.18. The van der Waals surface area contributed by atoms with Gasteiger partial charge in [-0.05, 0) is 18.9 Å². The molecule has 6 heteroatoms. The Morgan fingerprint density at radius 1 is 1.35 bits per heavy atom. The standard InChI is InChI=1S/C14H21N3O3/c1-8(14(16)18)17-5-4-9-10(7-17)13(20-3)12(19-2)6-11(9)15/h6,8H,4-5,7,15H2,1-3H3,(H2,16,18). The van der Waals surface area contributed by atoms with Crippen LogP contribution in [0.5, 0.6) is 11.5 Å². The third-order valence-corrected chi connectivity index (χ3v) is 3.89. The van der Waals surface area contributed by atoms with Gasteiger partial charge in [0.25, 0.3) is 0 Å². The van der Waals surface area contributed by atoms with Crippen LogP contribution in [0.3, 0.4) is 0 Å². The van der Waals surface area contributed by atoms with Crippen LogP contribution in [0.2, 0.25) is 0 Å². The topological polar surface area (TPSA) is 90.8 Å². The number of benzene rings is 1. The van der Waals surface area contributed by atoms with Gasteiger partial charge in [-0.15, -0.1) is 0 Å². The summed E-state index contributed by atoms with van der Waals surface area (Å²) >= 11 is 0. The maximum absolute atomic E-state index is 11.4. The minimum absolute atomic E-state index is 0.319. The molecule has 1 amide bonds. The van der Waals surface area contributed by atoms with Crippen molar-refractivity contribution in [3.63, 3.8) is 0 Å². The number of amides is 1. The van der Waals surface area contributed by atoms with Gasteiger partial charge in [0.05, 0.1) is 20.3 Å². The van der Waals surface area contributed by atoms with E-state index in [1.165, 1.54) is 0 Å². The molecular formula is C14H21N3O3. The third kappa shape index (κ3) is 2.38. The van der Waals surface area contributed by atoms with Gasteiger partial charge in [-0.25, -0.2) is 0 Å². The Kier molecular flexibility index (Phi) is 4.04. The number of nitrogens with zero attached hydrogens (tertiary/aromatic N) is 1. The number of hydrogen-bond acceptors (Lipinski definition) is 5. The van der Waals surface area contributed by atoms with E-state index in [1.807, 2.05) is 11.8 Å². The first-order chi connectivity index (χ1) is 9.49. The van der Waals surface area contributed by atoms with Crippen LogP contribution in [0, 0.1) is 0 Å². The lowest BCUT2D eigenvalue weighted by molar-refractivity contribution is -0.123. The highest BCUT2D eigenvalue weighted by molar-refractivity contribution is 5.79. The van der Waals surface area contributed by atoms with Crippen molar-refractivity contribution in [1.82, 2.24) is 4.90 Å². The van der Waals surface area contributed by atoms with Crippen LogP contribution in [0.4, 0.5) is 5.69 Å². The zero-order valence-corrected chi connectivity index (χ0v) is 12.1. The van der Waals surface area contributed by atoms with Crippen LogP contribution in [-0.2, 0) is 17.8 Å². The molecule has 1 aliphatic heterocycles. The molecule has 1 aromatic rings. The van der Waals surface area contributed by atoms with Crippen LogP contribution < -0.4 is 20.9 Å². The minimum Gasteiger partial charge on any atom is -0.493 e. The van der Waals surface area contributed by atoms with Gasteiger partial charge in [-0.3, -0.25) is 9.69 Å². The zero-order chi connectivity index (χ0) is 14.9. The molecule has 0 fully saturated rings. The number of carbonyl (C=O) groups is 1. The van der Waals surface area contributed by atoms with E-state index in [0.29, 0.717) is 23.7 Å². The molecule has 1 aromatic carbocycles. The van der Waals surface area contributed by atoms with Gasteiger partial charge >= 0.3 is 0 Å². The molecule has 20 heavy (non-hydrogen) atoms. The molecule has 1 heterocycles. The number of rotatable bonds is 4. The predicted octanol–water partition coefficient (Wildman–Crippen LogP) is 0.518. The Morgan fingerprint density at radius 2 is 2.05 bits per heavy atom. The Hall–Kier alpha value is -1.95. The van der Waals surface area contributed by atoms with E-state index in [1.54, 1.807) is 20.3 Å². The fourth-order valence-corrected chi connectivity index (χ4v) is 2.64. The summed E-state index contributed by atoms with van der Waals surface area (Å²) in [4.78, 5) is 13.4. The number of nitrogen functional groups attached to an aromatic ring is 1. The van der Waals surface area contributed by atoms with Crippen LogP contribution in [-0.4, -0.2) is 37.6 Å². The maximum Gasteiger partial charge on any atom is 0.234 e. The van der Waals surface area contributed by atoms with E-state index < -0.39 is 0 Å². The van der Waals surface area contributed by atoms with Crippen molar-refractivity contribution in [3.05, 3.63) is 17.2 Å². The average molecular weight is 279 g/mol. The monoisotopic (exact) mass is 279 g/mol. The number of carbonyl (C=O) groups excluding carboxylic acids is 1. The van der Waals surface area contributed by atoms with Crippen molar-refractivity contribution >= 4 is 11.6 Å². The average Bonchev–Trinajstić information content (AvgIpc) is 2.45. The van der Waals surface area contributed by atoms with Crippen LogP contribution in [0.15, 0.2) is 6.07 Å². The number of hydrogen-bond donors (Lipinski definition) is 2. The lowest BCUT2D eigenvalue weighted by Crippen LogP contribution is -2.45. The summed E-state index contributed by atoms with van der Waals surface area (Å²) < 4.78 is 10.8. The lowest BCUT2D eigenvalue weighted by Gasteiger charge is -2.33. The summed E-state index contributed by atoms with van der Waals surface area (Å²) in [6, 6.07) is 1.46. The van der Waals surface area contributed by atoms with E-state index in [2.05, 4.69) is 0 Å². The molecule has 0 radical (unpaired) electrons. The third-order valence-electron chi connectivity index (χ3n) is 3.89. The van der Waals surface area contributed by atoms with E-state index in [4.69, 9.17) is 20.9 Å². The number of ether oxygens (including phenoxy) is 2. The summed E-state index contributed by atoms with van der Waals surface area (Å²) in [5.41, 5.74) is 14.2. The van der Waals surface area contributed by atoms with Crippen LogP contribution in [0.25, 0.3) is 0 Å². The molecule has 0 saturated heterocycles. The van der Waals surface area contributed by atoms with Crippen molar-refractivity contribution in [2.45, 2.75) is 25.9 Å². The molecule has 1 atom stereocenters. The van der Waals surface area contributed by atoms with Gasteiger partial charge in [-0.1, -0.05) is 0 Å². The molecule has 0 aliphatic carbocycles. The van der Waals surface area contributed by atoms with Crippen LogP contribution in [0.1, 0.15) is 18.1 Å². The molecule has 0 aromatic heterocycles. The Bertz CT molecular complexity index is 531. The van der Waals surface area contributed by atoms with E-state index in [9.17, 15) is 4.79 Å². The summed E-state index contributed by atoms with van der Waals surface area (Å²) in [6.07, 6.45) is 0.763. The zero-order valence-electron chi connectivity index (χ0n) is 12.1. The van der Waals surface area contributed by atoms with Gasteiger partial charge in [0.1, 0.15) is 0 Å². The number of primary amides is 1. The van der Waals surface area contributed by atoms with Crippen molar-refractivity contribution < 1.29 is 14.3 Å². The first-order valence-corrected chi connectivity index (χ1v) is 6.55. The Morgan fingerprint density at radius 3 is 2.60 bits per heavy atom. The second-order valence-electron chi connectivity index (χ2n) is 4.96. The largest absolute Gasteiger partial charge is 0.493 e. The maximum atomic E-state index is 11.4. The van der Waals surface area contributed by atoms with E-state index in [-0.39, 0.29) is 11.9 Å². The van der Waals surface area contributed by atoms with Gasteiger partial charge in [0, 0.05) is 30.4 Å². The predicted molar refractivity (Wildman–Crippen MR) is 76.7 cm³/mol. The number of fused-ring (bicyclic) bond motifs is 1. The summed E-state index contributed by atoms with van der Waals surface area (Å²) in [6.45, 7) is 3.13. The first kappa shape index (κ1) is 14.5. The lowest BCUT2D eigenvalue weighted by atomic mass is 9.95. The van der Waals surface area contributed by atoms with Crippen molar-refractivity contribution in [3.8, 4) is 11.5 Å². The Labute approximate surface area is 118 Å². The molecule has 110 valence electrons. The quantitative estimate of drug-likeness (QED) is 0.784. The molecular weight excluding hydrogens is 258 g/mol. The molecule has 4 N–H and O–H groups in total. The molecule has 1 aliphatic rings. The van der Waals surface area contributed by atoms with Gasteiger partial charge in [0.2, 0.25) is 5.91 Å². The fourth-order valence-electron chi connectivity index (χ4n) is 2.64. The first-order valence-electron chi connectivity index (χ1n) is 6.55. The van der Waals surface area contributed by atoms with Crippen molar-refractivity contribution in [2.24, 2.45) is 5.73 Å². The second kappa shape index (κ2) is 5.58. The second-order valence-corrected chi connectivity index (χ2v) is 4.96. The highest BCUT2D eigenvalue weighted by Gasteiger charge is 2.28. The normalized spacial score (nSPS) is 16.4. The number of anilines is 1. The highest BCUT2D eigenvalue weighted by Crippen LogP contribution is 2.40. The SMILES string of the molecule is COc1cc(N)c2c(c1OC)CN(C(C)C(N)=O)CC2. The van der Waals surface area contributed by atoms with Crippen LogP contribution >= 0.6 is 0 Å². The summed E-state index contributed by atoms with van der Waals surface area (Å²) in [5, 5.41) is 0. The molecule has 0 bridgehead atoms. The van der Waals surface area contributed by atoms with E-state index >= 15 is 0 Å². The molecule has 6 nitrogen and oxygen atoms in total. The smallest absolute Gasteiger partial charge is 0.234 e.